The van der Waals surface area contributed by atoms with Gasteiger partial charge < -0.3 is 9.47 Å². The quantitative estimate of drug-likeness (QED) is 0.773. The molecule has 4 nitrogen and oxygen atoms in total. The number of aldehydes is 1. The maximum Gasteiger partial charge on any atom is 0.213 e. The number of rotatable bonds is 5. The Bertz CT molecular complexity index is 581. The van der Waals surface area contributed by atoms with Gasteiger partial charge in [-0.25, -0.2) is 4.98 Å². The molecule has 1 aromatic heterocycles. The molecule has 2 aromatic rings. The van der Waals surface area contributed by atoms with Gasteiger partial charge in [0.1, 0.15) is 12.4 Å². The van der Waals surface area contributed by atoms with Crippen molar-refractivity contribution in [3.05, 3.63) is 53.2 Å². The molecule has 0 aliphatic heterocycles. The third-order valence-electron chi connectivity index (χ3n) is 2.72. The van der Waals surface area contributed by atoms with Crippen LogP contribution in [-0.2, 0) is 6.61 Å². The predicted octanol–water partition coefficient (Wildman–Crippen LogP) is 2.79. The molecule has 0 N–H and O–H groups in total. The Labute approximate surface area is 112 Å². The first-order valence-corrected chi connectivity index (χ1v) is 5.92. The lowest BCUT2D eigenvalue weighted by atomic mass is 10.1. The average molecular weight is 257 g/mol. The Hall–Kier alpha value is -2.36. The summed E-state index contributed by atoms with van der Waals surface area (Å²) in [5, 5.41) is 0. The van der Waals surface area contributed by atoms with E-state index in [4.69, 9.17) is 9.47 Å². The summed E-state index contributed by atoms with van der Waals surface area (Å²) in [5.41, 5.74) is 2.22. The molecule has 0 fully saturated rings. The molecular weight excluding hydrogens is 242 g/mol. The number of ether oxygens (including phenoxy) is 2. The molecule has 0 unspecified atom stereocenters. The second kappa shape index (κ2) is 6.00. The van der Waals surface area contributed by atoms with Gasteiger partial charge in [0.05, 0.1) is 18.4 Å². The molecule has 1 aromatic carbocycles. The highest BCUT2D eigenvalue weighted by Crippen LogP contribution is 2.23. The van der Waals surface area contributed by atoms with Crippen LogP contribution in [0, 0.1) is 6.92 Å². The Morgan fingerprint density at radius 1 is 1.21 bits per heavy atom. The zero-order chi connectivity index (χ0) is 13.7. The lowest BCUT2D eigenvalue weighted by molar-refractivity contribution is 0.111. The average Bonchev–Trinajstić information content (AvgIpc) is 2.46. The number of pyridine rings is 1. The number of carbonyl (C=O) groups is 1. The first kappa shape index (κ1) is 13.1. The minimum Gasteiger partial charge on any atom is -0.486 e. The number of hydrogen-bond donors (Lipinski definition) is 0. The van der Waals surface area contributed by atoms with E-state index in [0.29, 0.717) is 23.8 Å². The maximum atomic E-state index is 11.0. The summed E-state index contributed by atoms with van der Waals surface area (Å²) in [7, 11) is 1.57. The highest BCUT2D eigenvalue weighted by Gasteiger charge is 2.07. The van der Waals surface area contributed by atoms with Crippen LogP contribution in [0.5, 0.6) is 11.6 Å². The topological polar surface area (TPSA) is 48.4 Å². The van der Waals surface area contributed by atoms with E-state index in [9.17, 15) is 4.79 Å². The Morgan fingerprint density at radius 3 is 2.74 bits per heavy atom. The van der Waals surface area contributed by atoms with E-state index < -0.39 is 0 Å². The monoisotopic (exact) mass is 257 g/mol. The van der Waals surface area contributed by atoms with Crippen molar-refractivity contribution in [1.82, 2.24) is 4.98 Å². The minimum absolute atomic E-state index is 0.295. The van der Waals surface area contributed by atoms with Crippen molar-refractivity contribution in [1.29, 1.82) is 0 Å². The summed E-state index contributed by atoms with van der Waals surface area (Å²) in [6.07, 6.45) is 0.793. The third-order valence-corrected chi connectivity index (χ3v) is 2.72. The fourth-order valence-electron chi connectivity index (χ4n) is 1.76. The van der Waals surface area contributed by atoms with Crippen LogP contribution in [0.3, 0.4) is 0 Å². The van der Waals surface area contributed by atoms with Crippen LogP contribution in [0.2, 0.25) is 0 Å². The summed E-state index contributed by atoms with van der Waals surface area (Å²) in [6, 6.07) is 10.9. The van der Waals surface area contributed by atoms with Crippen LogP contribution >= 0.6 is 0 Å². The van der Waals surface area contributed by atoms with Gasteiger partial charge in [-0.05, 0) is 24.6 Å². The van der Waals surface area contributed by atoms with Crippen LogP contribution < -0.4 is 9.47 Å². The molecule has 98 valence electrons. The molecule has 0 saturated carbocycles. The van der Waals surface area contributed by atoms with Crippen LogP contribution in [0.1, 0.15) is 21.6 Å². The number of benzene rings is 1. The number of hydrogen-bond acceptors (Lipinski definition) is 4. The van der Waals surface area contributed by atoms with Crippen molar-refractivity contribution in [3.8, 4) is 11.6 Å². The number of carbonyl (C=O) groups excluding carboxylic acids is 1. The Balaban J connectivity index is 2.16. The lowest BCUT2D eigenvalue weighted by Crippen LogP contribution is -2.02. The highest BCUT2D eigenvalue weighted by atomic mass is 16.5. The van der Waals surface area contributed by atoms with Gasteiger partial charge in [-0.2, -0.15) is 0 Å². The van der Waals surface area contributed by atoms with Crippen LogP contribution in [-0.4, -0.2) is 18.4 Å². The van der Waals surface area contributed by atoms with E-state index in [1.54, 1.807) is 19.2 Å². The van der Waals surface area contributed by atoms with Gasteiger partial charge in [0.2, 0.25) is 5.88 Å². The second-order valence-electron chi connectivity index (χ2n) is 4.07. The molecular formula is C15H15NO3. The van der Waals surface area contributed by atoms with Gasteiger partial charge in [0.15, 0.2) is 6.29 Å². The van der Waals surface area contributed by atoms with Gasteiger partial charge >= 0.3 is 0 Å². The van der Waals surface area contributed by atoms with Crippen LogP contribution in [0.4, 0.5) is 0 Å². The van der Waals surface area contributed by atoms with Gasteiger partial charge in [0, 0.05) is 6.07 Å². The molecule has 0 bridgehead atoms. The lowest BCUT2D eigenvalue weighted by Gasteiger charge is -2.11. The summed E-state index contributed by atoms with van der Waals surface area (Å²) in [6.45, 7) is 2.20. The van der Waals surface area contributed by atoms with E-state index in [0.717, 1.165) is 17.5 Å². The molecule has 0 amide bonds. The second-order valence-corrected chi connectivity index (χ2v) is 4.07. The van der Waals surface area contributed by atoms with Crippen molar-refractivity contribution in [2.75, 3.05) is 7.11 Å². The Morgan fingerprint density at radius 2 is 2.00 bits per heavy atom. The van der Waals surface area contributed by atoms with E-state index >= 15 is 0 Å². The molecule has 19 heavy (non-hydrogen) atoms. The molecule has 0 spiro atoms. The fourth-order valence-corrected chi connectivity index (χ4v) is 1.76. The summed E-state index contributed by atoms with van der Waals surface area (Å²) < 4.78 is 10.7. The number of aromatic nitrogens is 1. The first-order valence-electron chi connectivity index (χ1n) is 5.92. The SMILES string of the molecule is COc1cccc(COc2c(C)cccc2C=O)n1. The zero-order valence-electron chi connectivity index (χ0n) is 10.9. The van der Waals surface area contributed by atoms with Crippen molar-refractivity contribution in [2.24, 2.45) is 0 Å². The molecule has 0 atom stereocenters. The maximum absolute atomic E-state index is 11.0. The molecule has 0 saturated heterocycles. The highest BCUT2D eigenvalue weighted by molar-refractivity contribution is 5.80. The number of nitrogens with zero attached hydrogens (tertiary/aromatic N) is 1. The largest absolute Gasteiger partial charge is 0.486 e. The minimum atomic E-state index is 0.295. The molecule has 0 aliphatic rings. The van der Waals surface area contributed by atoms with E-state index in [1.165, 1.54) is 0 Å². The van der Waals surface area contributed by atoms with E-state index in [1.807, 2.05) is 31.2 Å². The smallest absolute Gasteiger partial charge is 0.213 e. The Kier molecular flexibility index (Phi) is 4.13. The van der Waals surface area contributed by atoms with Gasteiger partial charge in [-0.3, -0.25) is 4.79 Å². The van der Waals surface area contributed by atoms with Gasteiger partial charge in [-0.1, -0.05) is 18.2 Å². The number of methoxy groups -OCH3 is 1. The number of para-hydroxylation sites is 1. The summed E-state index contributed by atoms with van der Waals surface area (Å²) in [4.78, 5) is 15.2. The van der Waals surface area contributed by atoms with Gasteiger partial charge in [-0.15, -0.1) is 0 Å². The van der Waals surface area contributed by atoms with Crippen molar-refractivity contribution < 1.29 is 14.3 Å². The summed E-state index contributed by atoms with van der Waals surface area (Å²) >= 11 is 0. The van der Waals surface area contributed by atoms with Crippen molar-refractivity contribution >= 4 is 6.29 Å². The standard InChI is InChI=1S/C15H15NO3/c1-11-5-3-6-12(9-17)15(11)19-10-13-7-4-8-14(16-13)18-2/h3-9H,10H2,1-2H3. The number of aryl methyl sites for hydroxylation is 1. The fraction of sp³-hybridized carbons (Fsp3) is 0.200. The third kappa shape index (κ3) is 3.10. The van der Waals surface area contributed by atoms with Crippen LogP contribution in [0.25, 0.3) is 0 Å². The van der Waals surface area contributed by atoms with Crippen LogP contribution in [0.15, 0.2) is 36.4 Å². The summed E-state index contributed by atoms with van der Waals surface area (Å²) in [5.74, 6) is 1.14. The molecule has 1 heterocycles. The molecule has 2 rings (SSSR count). The van der Waals surface area contributed by atoms with Gasteiger partial charge in [0.25, 0.3) is 0 Å². The molecule has 0 aliphatic carbocycles. The zero-order valence-corrected chi connectivity index (χ0v) is 10.9. The van der Waals surface area contributed by atoms with Crippen molar-refractivity contribution in [2.45, 2.75) is 13.5 Å². The van der Waals surface area contributed by atoms with E-state index in [2.05, 4.69) is 4.98 Å². The predicted molar refractivity (Wildman–Crippen MR) is 71.7 cm³/mol. The first-order chi connectivity index (χ1) is 9.24. The molecule has 4 heteroatoms. The normalized spacial score (nSPS) is 10.0. The molecule has 0 radical (unpaired) electrons. The van der Waals surface area contributed by atoms with Crippen molar-refractivity contribution in [3.63, 3.8) is 0 Å². The van der Waals surface area contributed by atoms with E-state index in [-0.39, 0.29) is 0 Å².